The number of carbonyl (C=O) groups is 1. The summed E-state index contributed by atoms with van der Waals surface area (Å²) < 4.78 is 24.7. The monoisotopic (exact) mass is 305 g/mol. The van der Waals surface area contributed by atoms with Crippen molar-refractivity contribution in [3.8, 4) is 0 Å². The molecule has 0 atom stereocenters. The zero-order valence-electron chi connectivity index (χ0n) is 11.5. The van der Waals surface area contributed by atoms with Crippen LogP contribution in [0.25, 0.3) is 0 Å². The molecule has 0 aliphatic rings. The van der Waals surface area contributed by atoms with Crippen LogP contribution in [0, 0.1) is 0 Å². The van der Waals surface area contributed by atoms with Gasteiger partial charge in [-0.1, -0.05) is 19.1 Å². The van der Waals surface area contributed by atoms with Crippen molar-refractivity contribution in [1.29, 1.82) is 0 Å². The van der Waals surface area contributed by atoms with E-state index in [9.17, 15) is 13.2 Å². The normalized spacial score (nSPS) is 11.3. The lowest BCUT2D eigenvalue weighted by Crippen LogP contribution is -2.09. The maximum atomic E-state index is 12.3. The number of sulfone groups is 1. The van der Waals surface area contributed by atoms with Crippen LogP contribution in [0.3, 0.4) is 0 Å². The van der Waals surface area contributed by atoms with Crippen LogP contribution in [0.4, 0.5) is 0 Å². The minimum atomic E-state index is -3.62. The lowest BCUT2D eigenvalue weighted by Gasteiger charge is -2.08. The van der Waals surface area contributed by atoms with Gasteiger partial charge >= 0.3 is 5.97 Å². The Bertz CT molecular complexity index is 754. The smallest absolute Gasteiger partial charge is 0.336 e. The molecule has 0 amide bonds. The Kier molecular flexibility index (Phi) is 4.37. The number of aryl methyl sites for hydroxylation is 1. The van der Waals surface area contributed by atoms with Crippen LogP contribution in [-0.4, -0.2) is 24.5 Å². The fraction of sp³-hybridized carbons (Fsp3) is 0.200. The molecular formula is C15H15NO4S. The van der Waals surface area contributed by atoms with Crippen LogP contribution < -0.4 is 0 Å². The molecule has 0 aliphatic heterocycles. The Morgan fingerprint density at radius 2 is 2.00 bits per heavy atom. The first-order chi connectivity index (χ1) is 9.94. The van der Waals surface area contributed by atoms with E-state index in [1.807, 2.05) is 6.92 Å². The van der Waals surface area contributed by atoms with Crippen LogP contribution in [-0.2, 0) is 22.0 Å². The molecule has 1 aromatic heterocycles. The van der Waals surface area contributed by atoms with Crippen LogP contribution >= 0.6 is 0 Å². The summed E-state index contributed by atoms with van der Waals surface area (Å²) in [4.78, 5) is 15.2. The number of carboxylic acids is 1. The zero-order valence-corrected chi connectivity index (χ0v) is 12.3. The Balaban J connectivity index is 2.41. The summed E-state index contributed by atoms with van der Waals surface area (Å²) in [5.41, 5.74) is 1.06. The molecule has 0 aliphatic carbocycles. The quantitative estimate of drug-likeness (QED) is 0.916. The van der Waals surface area contributed by atoms with E-state index >= 15 is 0 Å². The van der Waals surface area contributed by atoms with Gasteiger partial charge in [0.1, 0.15) is 0 Å². The Hall–Kier alpha value is -2.21. The highest BCUT2D eigenvalue weighted by Crippen LogP contribution is 2.20. The van der Waals surface area contributed by atoms with E-state index in [0.717, 1.165) is 0 Å². The van der Waals surface area contributed by atoms with Crippen molar-refractivity contribution in [2.24, 2.45) is 0 Å². The van der Waals surface area contributed by atoms with Gasteiger partial charge in [-0.25, -0.2) is 13.2 Å². The molecular weight excluding hydrogens is 290 g/mol. The van der Waals surface area contributed by atoms with E-state index in [1.165, 1.54) is 18.3 Å². The Morgan fingerprint density at radius 1 is 1.24 bits per heavy atom. The minimum Gasteiger partial charge on any atom is -0.478 e. The molecule has 1 heterocycles. The second-order valence-corrected chi connectivity index (χ2v) is 6.55. The van der Waals surface area contributed by atoms with Crippen molar-refractivity contribution in [2.45, 2.75) is 24.0 Å². The third-order valence-electron chi connectivity index (χ3n) is 3.12. The summed E-state index contributed by atoms with van der Waals surface area (Å²) >= 11 is 0. The van der Waals surface area contributed by atoms with Gasteiger partial charge in [0.15, 0.2) is 9.84 Å². The average Bonchev–Trinajstić information content (AvgIpc) is 2.47. The first-order valence-corrected chi connectivity index (χ1v) is 8.08. The minimum absolute atomic E-state index is 0.00255. The number of pyridine rings is 1. The highest BCUT2D eigenvalue weighted by atomic mass is 32.2. The van der Waals surface area contributed by atoms with Crippen molar-refractivity contribution >= 4 is 15.8 Å². The second-order valence-electron chi connectivity index (χ2n) is 4.56. The Labute approximate surface area is 123 Å². The fourth-order valence-electron chi connectivity index (χ4n) is 2.02. The van der Waals surface area contributed by atoms with Crippen molar-refractivity contribution in [3.05, 3.63) is 59.4 Å². The van der Waals surface area contributed by atoms with E-state index in [2.05, 4.69) is 4.98 Å². The molecule has 2 aromatic rings. The average molecular weight is 305 g/mol. The first-order valence-electron chi connectivity index (χ1n) is 6.43. The van der Waals surface area contributed by atoms with Gasteiger partial charge in [0.05, 0.1) is 21.9 Å². The van der Waals surface area contributed by atoms with Crippen molar-refractivity contribution in [3.63, 3.8) is 0 Å². The summed E-state index contributed by atoms with van der Waals surface area (Å²) in [7, 11) is -3.62. The zero-order chi connectivity index (χ0) is 15.5. The molecule has 21 heavy (non-hydrogen) atoms. The van der Waals surface area contributed by atoms with Gasteiger partial charge in [-0.2, -0.15) is 0 Å². The van der Waals surface area contributed by atoms with Gasteiger partial charge in [0.2, 0.25) is 0 Å². The van der Waals surface area contributed by atoms with Crippen molar-refractivity contribution in [2.75, 3.05) is 0 Å². The van der Waals surface area contributed by atoms with E-state index in [-0.39, 0.29) is 16.2 Å². The highest BCUT2D eigenvalue weighted by molar-refractivity contribution is 7.90. The van der Waals surface area contributed by atoms with E-state index in [4.69, 9.17) is 5.11 Å². The van der Waals surface area contributed by atoms with Crippen molar-refractivity contribution in [1.82, 2.24) is 4.98 Å². The largest absolute Gasteiger partial charge is 0.478 e. The SMILES string of the molecule is CCc1ccc(S(=O)(=O)Cc2ccccn2)cc1C(=O)O. The summed E-state index contributed by atoms with van der Waals surface area (Å²) in [5.74, 6) is -1.38. The Morgan fingerprint density at radius 3 is 2.57 bits per heavy atom. The molecule has 0 bridgehead atoms. The topological polar surface area (TPSA) is 84.3 Å². The van der Waals surface area contributed by atoms with Gasteiger partial charge in [0.25, 0.3) is 0 Å². The number of nitrogens with zero attached hydrogens (tertiary/aromatic N) is 1. The van der Waals surface area contributed by atoms with Gasteiger partial charge < -0.3 is 5.11 Å². The lowest BCUT2D eigenvalue weighted by atomic mass is 10.1. The highest BCUT2D eigenvalue weighted by Gasteiger charge is 2.19. The fourth-order valence-corrected chi connectivity index (χ4v) is 3.32. The number of aromatic nitrogens is 1. The van der Waals surface area contributed by atoms with Gasteiger partial charge in [-0.05, 0) is 36.2 Å². The molecule has 110 valence electrons. The second kappa shape index (κ2) is 6.05. The third-order valence-corrected chi connectivity index (χ3v) is 4.76. The van der Waals surface area contributed by atoms with Crippen LogP contribution in [0.1, 0.15) is 28.5 Å². The molecule has 1 N–H and O–H groups in total. The summed E-state index contributed by atoms with van der Waals surface area (Å²) in [6, 6.07) is 9.25. The third kappa shape index (κ3) is 3.46. The summed E-state index contributed by atoms with van der Waals surface area (Å²) in [5, 5.41) is 9.17. The van der Waals surface area contributed by atoms with Crippen LogP contribution in [0.5, 0.6) is 0 Å². The lowest BCUT2D eigenvalue weighted by molar-refractivity contribution is 0.0695. The molecule has 0 unspecified atom stereocenters. The van der Waals surface area contributed by atoms with Gasteiger partial charge in [-0.15, -0.1) is 0 Å². The van der Waals surface area contributed by atoms with Crippen molar-refractivity contribution < 1.29 is 18.3 Å². The number of hydrogen-bond acceptors (Lipinski definition) is 4. The van der Waals surface area contributed by atoms with E-state index in [1.54, 1.807) is 24.3 Å². The van der Waals surface area contributed by atoms with Crippen LogP contribution in [0.2, 0.25) is 0 Å². The molecule has 1 aromatic carbocycles. The molecule has 0 saturated heterocycles. The standard InChI is InChI=1S/C15H15NO4S/c1-2-11-6-7-13(9-14(11)15(17)18)21(19,20)10-12-5-3-4-8-16-12/h3-9H,2,10H2,1H3,(H,17,18). The molecule has 0 fully saturated rings. The first kappa shape index (κ1) is 15.2. The molecule has 6 heteroatoms. The molecule has 0 spiro atoms. The number of aromatic carboxylic acids is 1. The van der Waals surface area contributed by atoms with E-state index in [0.29, 0.717) is 17.7 Å². The molecule has 2 rings (SSSR count). The number of carboxylic acid groups (broad SMARTS) is 1. The maximum Gasteiger partial charge on any atom is 0.336 e. The predicted octanol–water partition coefficient (Wildman–Crippen LogP) is 2.32. The maximum absolute atomic E-state index is 12.3. The predicted molar refractivity (Wildman–Crippen MR) is 77.9 cm³/mol. The summed E-state index contributed by atoms with van der Waals surface area (Å²) in [6.07, 6.45) is 2.05. The van der Waals surface area contributed by atoms with Gasteiger partial charge in [0, 0.05) is 6.20 Å². The number of rotatable bonds is 5. The molecule has 0 saturated carbocycles. The molecule has 5 nitrogen and oxygen atoms in total. The molecule has 0 radical (unpaired) electrons. The van der Waals surface area contributed by atoms with E-state index < -0.39 is 15.8 Å². The van der Waals surface area contributed by atoms with Gasteiger partial charge in [-0.3, -0.25) is 4.98 Å². The van der Waals surface area contributed by atoms with Crippen LogP contribution in [0.15, 0.2) is 47.5 Å². The number of hydrogen-bond donors (Lipinski definition) is 1. The summed E-state index contributed by atoms with van der Waals surface area (Å²) in [6.45, 7) is 1.82. The number of benzene rings is 1.